The van der Waals surface area contributed by atoms with Crippen LogP contribution < -0.4 is 5.32 Å². The maximum atomic E-state index is 4.43. The van der Waals surface area contributed by atoms with E-state index in [4.69, 9.17) is 0 Å². The van der Waals surface area contributed by atoms with Crippen LogP contribution >= 0.6 is 11.8 Å². The van der Waals surface area contributed by atoms with Gasteiger partial charge in [0.25, 0.3) is 0 Å². The Morgan fingerprint density at radius 1 is 1.25 bits per heavy atom. The highest BCUT2D eigenvalue weighted by Gasteiger charge is 2.13. The Kier molecular flexibility index (Phi) is 8.94. The molecule has 1 rings (SSSR count). The van der Waals surface area contributed by atoms with Gasteiger partial charge in [0, 0.05) is 24.8 Å². The molecule has 4 nitrogen and oxygen atoms in total. The third-order valence-corrected chi connectivity index (χ3v) is 4.55. The van der Waals surface area contributed by atoms with E-state index in [1.807, 2.05) is 16.4 Å². The first kappa shape index (κ1) is 17.5. The van der Waals surface area contributed by atoms with Gasteiger partial charge in [0.05, 0.1) is 0 Å². The molecule has 0 aliphatic carbocycles. The van der Waals surface area contributed by atoms with Gasteiger partial charge in [0.2, 0.25) is 0 Å². The van der Waals surface area contributed by atoms with Gasteiger partial charge in [-0.2, -0.15) is 16.9 Å². The molecule has 0 spiro atoms. The molecule has 20 heavy (non-hydrogen) atoms. The Labute approximate surface area is 128 Å². The molecule has 0 radical (unpaired) electrons. The molecule has 0 aliphatic heterocycles. The summed E-state index contributed by atoms with van der Waals surface area (Å²) in [7, 11) is 0. The molecular weight excluding hydrogens is 268 g/mol. The average molecular weight is 299 g/mol. The first-order valence-corrected chi connectivity index (χ1v) is 9.00. The van der Waals surface area contributed by atoms with E-state index < -0.39 is 0 Å². The van der Waals surface area contributed by atoms with Crippen molar-refractivity contribution in [2.75, 3.05) is 18.1 Å². The van der Waals surface area contributed by atoms with Crippen LogP contribution in [0, 0.1) is 5.92 Å². The van der Waals surface area contributed by atoms with E-state index in [1.165, 1.54) is 12.2 Å². The van der Waals surface area contributed by atoms with Crippen molar-refractivity contribution in [2.24, 2.45) is 5.92 Å². The first-order valence-electron chi connectivity index (χ1n) is 7.85. The van der Waals surface area contributed by atoms with Gasteiger partial charge >= 0.3 is 0 Å². The van der Waals surface area contributed by atoms with E-state index in [1.54, 1.807) is 6.33 Å². The largest absolute Gasteiger partial charge is 0.313 e. The Bertz CT molecular complexity index is 351. The molecule has 1 aromatic rings. The minimum Gasteiger partial charge on any atom is -0.313 e. The highest BCUT2D eigenvalue weighted by molar-refractivity contribution is 7.99. The molecule has 1 heterocycles. The third kappa shape index (κ3) is 6.75. The second-order valence-electron chi connectivity index (χ2n) is 5.69. The Balaban J connectivity index is 2.51. The number of rotatable bonds is 11. The molecule has 0 saturated carbocycles. The van der Waals surface area contributed by atoms with Crippen LogP contribution in [0.3, 0.4) is 0 Å². The van der Waals surface area contributed by atoms with E-state index >= 15 is 0 Å². The number of hydrogen-bond acceptors (Lipinski definition) is 4. The van der Waals surface area contributed by atoms with Gasteiger partial charge in [-0.3, -0.25) is 4.68 Å². The third-order valence-electron chi connectivity index (χ3n) is 3.01. The molecule has 0 aromatic carbocycles. The number of nitrogens with one attached hydrogen (secondary N) is 1. The van der Waals surface area contributed by atoms with Gasteiger partial charge in [0.15, 0.2) is 0 Å². The smallest absolute Gasteiger partial charge is 0.138 e. The zero-order valence-corrected chi connectivity index (χ0v) is 14.2. The maximum Gasteiger partial charge on any atom is 0.138 e. The summed E-state index contributed by atoms with van der Waals surface area (Å²) in [5, 5.41) is 7.97. The fourth-order valence-electron chi connectivity index (χ4n) is 2.05. The summed E-state index contributed by atoms with van der Waals surface area (Å²) >= 11 is 2.04. The van der Waals surface area contributed by atoms with Gasteiger partial charge in [-0.15, -0.1) is 0 Å². The van der Waals surface area contributed by atoms with Crippen LogP contribution in [-0.2, 0) is 13.0 Å². The zero-order valence-electron chi connectivity index (χ0n) is 13.4. The zero-order chi connectivity index (χ0) is 14.8. The summed E-state index contributed by atoms with van der Waals surface area (Å²) in [4.78, 5) is 4.43. The molecule has 1 aromatic heterocycles. The number of aryl methyl sites for hydroxylation is 1. The summed E-state index contributed by atoms with van der Waals surface area (Å²) in [6.07, 6.45) is 4.94. The first-order chi connectivity index (χ1) is 9.67. The monoisotopic (exact) mass is 298 g/mol. The summed E-state index contributed by atoms with van der Waals surface area (Å²) in [6.45, 7) is 11.0. The molecule has 116 valence electrons. The normalized spacial score (nSPS) is 13.1. The maximum absolute atomic E-state index is 4.43. The van der Waals surface area contributed by atoms with E-state index in [0.29, 0.717) is 6.04 Å². The number of thioether (sulfide) groups is 1. The molecule has 1 atom stereocenters. The molecule has 0 fully saturated rings. The summed E-state index contributed by atoms with van der Waals surface area (Å²) < 4.78 is 2.05. The molecular formula is C15H30N4S. The average Bonchev–Trinajstić information content (AvgIpc) is 2.83. The molecule has 0 bridgehead atoms. The predicted molar refractivity (Wildman–Crippen MR) is 88.3 cm³/mol. The summed E-state index contributed by atoms with van der Waals surface area (Å²) in [5.41, 5.74) is 0. The van der Waals surface area contributed by atoms with Gasteiger partial charge in [-0.25, -0.2) is 4.98 Å². The highest BCUT2D eigenvalue weighted by atomic mass is 32.2. The Morgan fingerprint density at radius 2 is 2.05 bits per heavy atom. The predicted octanol–water partition coefficient (Wildman–Crippen LogP) is 2.99. The van der Waals surface area contributed by atoms with Crippen molar-refractivity contribution in [3.63, 3.8) is 0 Å². The lowest BCUT2D eigenvalue weighted by Crippen LogP contribution is -2.35. The van der Waals surface area contributed by atoms with Gasteiger partial charge in [-0.05, 0) is 31.1 Å². The second kappa shape index (κ2) is 10.2. The van der Waals surface area contributed by atoms with Crippen LogP contribution in [0.1, 0.15) is 46.4 Å². The summed E-state index contributed by atoms with van der Waals surface area (Å²) in [5.74, 6) is 4.25. The molecule has 5 heteroatoms. The SMILES string of the molecule is CCCNC(CSCC(C)C)Cc1ncnn1CCC. The van der Waals surface area contributed by atoms with Crippen molar-refractivity contribution in [1.29, 1.82) is 0 Å². The second-order valence-corrected chi connectivity index (χ2v) is 6.76. The van der Waals surface area contributed by atoms with E-state index in [-0.39, 0.29) is 0 Å². The van der Waals surface area contributed by atoms with Crippen LogP contribution in [0.5, 0.6) is 0 Å². The van der Waals surface area contributed by atoms with Crippen molar-refractivity contribution in [2.45, 2.75) is 59.5 Å². The fraction of sp³-hybridized carbons (Fsp3) is 0.867. The van der Waals surface area contributed by atoms with Crippen molar-refractivity contribution < 1.29 is 0 Å². The van der Waals surface area contributed by atoms with Crippen molar-refractivity contribution in [3.05, 3.63) is 12.2 Å². The van der Waals surface area contributed by atoms with E-state index in [9.17, 15) is 0 Å². The number of nitrogens with zero attached hydrogens (tertiary/aromatic N) is 3. The van der Waals surface area contributed by atoms with Crippen molar-refractivity contribution >= 4 is 11.8 Å². The highest BCUT2D eigenvalue weighted by Crippen LogP contribution is 2.12. The lowest BCUT2D eigenvalue weighted by atomic mass is 10.2. The molecule has 0 saturated heterocycles. The van der Waals surface area contributed by atoms with Crippen LogP contribution in [0.4, 0.5) is 0 Å². The van der Waals surface area contributed by atoms with Crippen molar-refractivity contribution in [3.8, 4) is 0 Å². The molecule has 0 amide bonds. The minimum atomic E-state index is 0.499. The van der Waals surface area contributed by atoms with E-state index in [2.05, 4.69) is 43.1 Å². The van der Waals surface area contributed by atoms with Crippen LogP contribution in [0.15, 0.2) is 6.33 Å². The minimum absolute atomic E-state index is 0.499. The van der Waals surface area contributed by atoms with Crippen LogP contribution in [-0.4, -0.2) is 38.9 Å². The van der Waals surface area contributed by atoms with Gasteiger partial charge in [0.1, 0.15) is 12.2 Å². The fourth-order valence-corrected chi connectivity index (χ4v) is 3.18. The van der Waals surface area contributed by atoms with Crippen LogP contribution in [0.25, 0.3) is 0 Å². The molecule has 1 N–H and O–H groups in total. The number of aromatic nitrogens is 3. The lowest BCUT2D eigenvalue weighted by molar-refractivity contribution is 0.503. The summed E-state index contributed by atoms with van der Waals surface area (Å²) in [6, 6.07) is 0.499. The number of hydrogen-bond donors (Lipinski definition) is 1. The molecule has 0 aliphatic rings. The van der Waals surface area contributed by atoms with Gasteiger partial charge in [-0.1, -0.05) is 27.7 Å². The van der Waals surface area contributed by atoms with E-state index in [0.717, 1.165) is 43.4 Å². The lowest BCUT2D eigenvalue weighted by Gasteiger charge is -2.18. The van der Waals surface area contributed by atoms with Crippen molar-refractivity contribution in [1.82, 2.24) is 20.1 Å². The Morgan fingerprint density at radius 3 is 2.70 bits per heavy atom. The quantitative estimate of drug-likeness (QED) is 0.682. The van der Waals surface area contributed by atoms with Gasteiger partial charge < -0.3 is 5.32 Å². The standard InChI is InChI=1S/C15H30N4S/c1-5-7-16-14(11-20-10-13(3)4)9-15-17-12-18-19(15)8-6-2/h12-14,16H,5-11H2,1-4H3. The van der Waals surface area contributed by atoms with Crippen LogP contribution in [0.2, 0.25) is 0 Å². The Hall–Kier alpha value is -0.550. The topological polar surface area (TPSA) is 42.7 Å². The molecule has 1 unspecified atom stereocenters.